The van der Waals surface area contributed by atoms with Crippen LogP contribution < -0.4 is 5.43 Å². The molecule has 0 saturated carbocycles. The lowest BCUT2D eigenvalue weighted by Gasteiger charge is -2.19. The van der Waals surface area contributed by atoms with Gasteiger partial charge in [0.15, 0.2) is 0 Å². The molecule has 8 heteroatoms. The Bertz CT molecular complexity index is 842. The number of nitro benzene ring substituents is 2. The van der Waals surface area contributed by atoms with Gasteiger partial charge in [-0.25, -0.2) is 0 Å². The number of rotatable bonds is 6. The summed E-state index contributed by atoms with van der Waals surface area (Å²) in [5.41, 5.74) is 3.66. The Morgan fingerprint density at radius 1 is 1.04 bits per heavy atom. The van der Waals surface area contributed by atoms with E-state index < -0.39 is 15.5 Å². The number of benzene rings is 2. The van der Waals surface area contributed by atoms with E-state index in [4.69, 9.17) is 0 Å². The number of non-ortho nitro benzene ring substituents is 1. The van der Waals surface area contributed by atoms with Crippen molar-refractivity contribution in [2.24, 2.45) is 10.5 Å². The second-order valence-corrected chi connectivity index (χ2v) is 6.99. The summed E-state index contributed by atoms with van der Waals surface area (Å²) in [4.78, 5) is 20.7. The Balaban J connectivity index is 2.40. The van der Waals surface area contributed by atoms with Gasteiger partial charge in [-0.3, -0.25) is 25.7 Å². The second kappa shape index (κ2) is 7.73. The largest absolute Gasteiger partial charge is 0.301 e. The van der Waals surface area contributed by atoms with Gasteiger partial charge in [0.05, 0.1) is 21.6 Å². The van der Waals surface area contributed by atoms with Crippen LogP contribution in [0.3, 0.4) is 0 Å². The Morgan fingerprint density at radius 2 is 1.69 bits per heavy atom. The number of hydrogen-bond donors (Lipinski definition) is 1. The Hall–Kier alpha value is -3.29. The number of anilines is 1. The van der Waals surface area contributed by atoms with Crippen LogP contribution in [0, 0.1) is 25.6 Å². The predicted octanol–water partition coefficient (Wildman–Crippen LogP) is 4.76. The first-order valence-corrected chi connectivity index (χ1v) is 7.98. The van der Waals surface area contributed by atoms with E-state index in [1.807, 2.05) is 30.3 Å². The maximum atomic E-state index is 11.2. The van der Waals surface area contributed by atoms with Gasteiger partial charge in [-0.1, -0.05) is 51.1 Å². The number of hydrazone groups is 1. The first kappa shape index (κ1) is 19.0. The van der Waals surface area contributed by atoms with Crippen molar-refractivity contribution in [3.8, 4) is 0 Å². The minimum absolute atomic E-state index is 0.0439. The lowest BCUT2D eigenvalue weighted by atomic mass is 9.87. The highest BCUT2D eigenvalue weighted by molar-refractivity contribution is 6.01. The van der Waals surface area contributed by atoms with Crippen LogP contribution in [-0.4, -0.2) is 15.6 Å². The summed E-state index contributed by atoms with van der Waals surface area (Å²) in [6.07, 6.45) is 0.644. The highest BCUT2D eigenvalue weighted by Crippen LogP contribution is 2.29. The fraction of sp³-hybridized carbons (Fsp3) is 0.278. The van der Waals surface area contributed by atoms with Crippen LogP contribution in [0.2, 0.25) is 0 Å². The zero-order chi connectivity index (χ0) is 19.3. The molecule has 0 fully saturated rings. The number of nitrogens with zero attached hydrogens (tertiary/aromatic N) is 3. The maximum Gasteiger partial charge on any atom is 0.301 e. The molecule has 0 aliphatic heterocycles. The summed E-state index contributed by atoms with van der Waals surface area (Å²) in [5.74, 6) is 0. The molecular formula is C18H20N4O4. The number of hydrogen-bond acceptors (Lipinski definition) is 6. The van der Waals surface area contributed by atoms with Gasteiger partial charge < -0.3 is 0 Å². The summed E-state index contributed by atoms with van der Waals surface area (Å²) in [6, 6.07) is 12.9. The molecule has 8 nitrogen and oxygen atoms in total. The minimum atomic E-state index is -0.672. The van der Waals surface area contributed by atoms with Crippen molar-refractivity contribution in [3.63, 3.8) is 0 Å². The molecule has 0 aromatic heterocycles. The topological polar surface area (TPSA) is 111 Å². The summed E-state index contributed by atoms with van der Waals surface area (Å²) in [7, 11) is 0. The highest BCUT2D eigenvalue weighted by atomic mass is 16.6. The highest BCUT2D eigenvalue weighted by Gasteiger charge is 2.20. The van der Waals surface area contributed by atoms with E-state index >= 15 is 0 Å². The van der Waals surface area contributed by atoms with Gasteiger partial charge in [-0.2, -0.15) is 5.10 Å². The molecule has 1 N–H and O–H groups in total. The molecule has 0 bridgehead atoms. The summed E-state index contributed by atoms with van der Waals surface area (Å²) in [5, 5.41) is 26.4. The maximum absolute atomic E-state index is 11.2. The third-order valence-electron chi connectivity index (χ3n) is 3.50. The molecule has 0 aliphatic rings. The Morgan fingerprint density at radius 3 is 2.23 bits per heavy atom. The van der Waals surface area contributed by atoms with Crippen LogP contribution in [0.15, 0.2) is 53.6 Å². The molecule has 0 amide bonds. The molecule has 2 aromatic rings. The first-order chi connectivity index (χ1) is 12.2. The van der Waals surface area contributed by atoms with Crippen molar-refractivity contribution < 1.29 is 9.85 Å². The molecule has 0 atom stereocenters. The number of nitrogens with one attached hydrogen (secondary N) is 1. The molecule has 0 radical (unpaired) electrons. The average Bonchev–Trinajstić information content (AvgIpc) is 2.58. The molecule has 2 aromatic carbocycles. The molecule has 0 heterocycles. The Kier molecular flexibility index (Phi) is 5.66. The molecule has 0 saturated heterocycles. The molecule has 26 heavy (non-hydrogen) atoms. The molecule has 136 valence electrons. The molecule has 0 spiro atoms. The Labute approximate surface area is 150 Å². The van der Waals surface area contributed by atoms with Gasteiger partial charge >= 0.3 is 5.69 Å². The van der Waals surface area contributed by atoms with E-state index in [9.17, 15) is 20.2 Å². The van der Waals surface area contributed by atoms with Gasteiger partial charge in [0.1, 0.15) is 5.69 Å². The van der Waals surface area contributed by atoms with Crippen LogP contribution in [0.5, 0.6) is 0 Å². The van der Waals surface area contributed by atoms with Gasteiger partial charge in [0, 0.05) is 6.07 Å². The summed E-state index contributed by atoms with van der Waals surface area (Å²) < 4.78 is 0. The zero-order valence-electron chi connectivity index (χ0n) is 14.8. The fourth-order valence-corrected chi connectivity index (χ4v) is 2.35. The number of nitro groups is 2. The van der Waals surface area contributed by atoms with Gasteiger partial charge in [-0.05, 0) is 23.5 Å². The summed E-state index contributed by atoms with van der Waals surface area (Å²) in [6.45, 7) is 6.21. The molecular weight excluding hydrogens is 336 g/mol. The van der Waals surface area contributed by atoms with Crippen molar-refractivity contribution >= 4 is 22.8 Å². The quantitative estimate of drug-likeness (QED) is 0.456. The fourth-order valence-electron chi connectivity index (χ4n) is 2.35. The van der Waals surface area contributed by atoms with Crippen LogP contribution in [0.25, 0.3) is 0 Å². The standard InChI is InChI=1S/C18H20N4O4/c1-18(2,3)12-16(13-7-5-4-6-8-13)20-19-15-10-9-14(21(23)24)11-17(15)22(25)26/h4-11,19H,12H2,1-3H3/b20-16+. The molecule has 0 unspecified atom stereocenters. The monoisotopic (exact) mass is 356 g/mol. The van der Waals surface area contributed by atoms with Gasteiger partial charge in [0.2, 0.25) is 0 Å². The van der Waals surface area contributed by atoms with Crippen molar-refractivity contribution in [3.05, 3.63) is 74.3 Å². The zero-order valence-corrected chi connectivity index (χ0v) is 14.8. The van der Waals surface area contributed by atoms with Crippen LogP contribution >= 0.6 is 0 Å². The van der Waals surface area contributed by atoms with Crippen molar-refractivity contribution in [2.45, 2.75) is 27.2 Å². The van der Waals surface area contributed by atoms with Crippen LogP contribution in [0.4, 0.5) is 17.1 Å². The van der Waals surface area contributed by atoms with Crippen molar-refractivity contribution in [1.82, 2.24) is 0 Å². The van der Waals surface area contributed by atoms with E-state index in [0.29, 0.717) is 6.42 Å². The van der Waals surface area contributed by atoms with Crippen LogP contribution in [-0.2, 0) is 0 Å². The van der Waals surface area contributed by atoms with Crippen molar-refractivity contribution in [2.75, 3.05) is 5.43 Å². The molecule has 2 rings (SSSR count). The second-order valence-electron chi connectivity index (χ2n) is 6.99. The first-order valence-electron chi connectivity index (χ1n) is 7.98. The van der Waals surface area contributed by atoms with Gasteiger partial charge in [0.25, 0.3) is 5.69 Å². The van der Waals surface area contributed by atoms with E-state index in [0.717, 1.165) is 17.3 Å². The lowest BCUT2D eigenvalue weighted by Crippen LogP contribution is -2.15. The SMILES string of the molecule is CC(C)(C)C/C(=N\Nc1ccc([N+](=O)[O-])cc1[N+](=O)[O-])c1ccccc1. The third-order valence-corrected chi connectivity index (χ3v) is 3.50. The molecule has 0 aliphatic carbocycles. The van der Waals surface area contributed by atoms with Crippen LogP contribution in [0.1, 0.15) is 32.8 Å². The van der Waals surface area contributed by atoms with E-state index in [1.54, 1.807) is 0 Å². The smallest absolute Gasteiger partial charge is 0.271 e. The predicted molar refractivity (Wildman–Crippen MR) is 100 cm³/mol. The normalized spacial score (nSPS) is 11.9. The van der Waals surface area contributed by atoms with Crippen molar-refractivity contribution in [1.29, 1.82) is 0 Å². The van der Waals surface area contributed by atoms with E-state index in [1.165, 1.54) is 12.1 Å². The van der Waals surface area contributed by atoms with E-state index in [-0.39, 0.29) is 16.8 Å². The summed E-state index contributed by atoms with van der Waals surface area (Å²) >= 11 is 0. The lowest BCUT2D eigenvalue weighted by molar-refractivity contribution is -0.393. The third kappa shape index (κ3) is 5.10. The average molecular weight is 356 g/mol. The van der Waals surface area contributed by atoms with E-state index in [2.05, 4.69) is 31.3 Å². The van der Waals surface area contributed by atoms with Gasteiger partial charge in [-0.15, -0.1) is 0 Å². The minimum Gasteiger partial charge on any atom is -0.271 e.